The van der Waals surface area contributed by atoms with Gasteiger partial charge in [-0.3, -0.25) is 9.11 Å². The fourth-order valence-electron chi connectivity index (χ4n) is 9.78. The van der Waals surface area contributed by atoms with Crippen molar-refractivity contribution >= 4 is 20.8 Å². The molecule has 2 N–H and O–H groups in total. The van der Waals surface area contributed by atoms with E-state index in [1.54, 1.807) is 0 Å². The minimum atomic E-state index is -4.68. The third kappa shape index (κ3) is 6.24. The summed E-state index contributed by atoms with van der Waals surface area (Å²) in [7, 11) is -9.29. The molecular formula is C27H48O8S2. The summed E-state index contributed by atoms with van der Waals surface area (Å²) in [5, 5.41) is 0. The first-order chi connectivity index (χ1) is 17.0. The minimum Gasteiger partial charge on any atom is -0.264 e. The van der Waals surface area contributed by atoms with E-state index in [1.807, 2.05) is 0 Å². The second-order valence-corrected chi connectivity index (χ2v) is 15.8. The zero-order valence-corrected chi connectivity index (χ0v) is 24.8. The minimum absolute atomic E-state index is 0.218. The van der Waals surface area contributed by atoms with Crippen LogP contribution in [0, 0.1) is 52.3 Å². The third-order valence-corrected chi connectivity index (χ3v) is 12.3. The van der Waals surface area contributed by atoms with Crippen LogP contribution in [-0.2, 0) is 29.2 Å². The number of hydrogen-bond donors (Lipinski definition) is 2. The predicted molar refractivity (Wildman–Crippen MR) is 141 cm³/mol. The van der Waals surface area contributed by atoms with E-state index < -0.39 is 33.0 Å². The fourth-order valence-corrected chi connectivity index (χ4v) is 10.8. The lowest BCUT2D eigenvalue weighted by atomic mass is 9.43. The van der Waals surface area contributed by atoms with Crippen LogP contribution in [-0.4, -0.2) is 38.1 Å². The molecule has 0 aromatic heterocycles. The van der Waals surface area contributed by atoms with Crippen molar-refractivity contribution in [1.82, 2.24) is 0 Å². The average Bonchev–Trinajstić information content (AvgIpc) is 3.10. The Balaban J connectivity index is 1.58. The molecule has 10 atom stereocenters. The van der Waals surface area contributed by atoms with Crippen molar-refractivity contribution < 1.29 is 34.3 Å². The topological polar surface area (TPSA) is 127 Å². The Hall–Kier alpha value is -0.260. The molecule has 4 saturated carbocycles. The second-order valence-electron chi connectivity index (χ2n) is 13.7. The van der Waals surface area contributed by atoms with Crippen LogP contribution in [0.15, 0.2) is 0 Å². The van der Waals surface area contributed by atoms with Gasteiger partial charge in [-0.05, 0) is 104 Å². The van der Waals surface area contributed by atoms with Gasteiger partial charge in [0.2, 0.25) is 0 Å². The molecule has 0 aromatic carbocycles. The molecule has 0 aromatic rings. The monoisotopic (exact) mass is 564 g/mol. The van der Waals surface area contributed by atoms with Crippen molar-refractivity contribution in [3.63, 3.8) is 0 Å². The lowest BCUT2D eigenvalue weighted by molar-refractivity contribution is -0.164. The van der Waals surface area contributed by atoms with E-state index >= 15 is 0 Å². The van der Waals surface area contributed by atoms with E-state index in [0.29, 0.717) is 48.9 Å². The molecule has 37 heavy (non-hydrogen) atoms. The SMILES string of the molecule is CC(C)CCC[C@@H](C)[C@H]1CC[C@H]2[C@@H]3C[C@@H](OS(=O)(=O)O)[C@H]4C[C@@H](OS(=O)(=O)O)CC[C@]4(C)[C@H]3CC[C@]12C. The largest absolute Gasteiger partial charge is 0.397 e. The standard InChI is InChI=1S/C27H48O8S2/c1-17(2)7-6-8-18(3)21-9-10-22-20-16-25(35-37(31,32)33)24-15-19(34-36(28,29)30)11-13-27(24,5)23(20)12-14-26(21,22)4/h17-25H,6-16H2,1-5H3,(H,28,29,30)(H,31,32,33)/t18-,19+,20+,21-,22+,23+,24-,25-,26-,27-/m1/s1. The van der Waals surface area contributed by atoms with Gasteiger partial charge in [-0.25, -0.2) is 8.37 Å². The molecule has 0 unspecified atom stereocenters. The van der Waals surface area contributed by atoms with Crippen LogP contribution in [0.1, 0.15) is 105 Å². The summed E-state index contributed by atoms with van der Waals surface area (Å²) in [6.45, 7) is 11.6. The molecule has 4 aliphatic carbocycles. The van der Waals surface area contributed by atoms with Crippen LogP contribution in [0.5, 0.6) is 0 Å². The van der Waals surface area contributed by atoms with Crippen molar-refractivity contribution in [2.24, 2.45) is 52.3 Å². The maximum atomic E-state index is 11.9. The highest BCUT2D eigenvalue weighted by molar-refractivity contribution is 7.81. The molecule has 0 spiro atoms. The molecule has 0 radical (unpaired) electrons. The molecule has 216 valence electrons. The van der Waals surface area contributed by atoms with Crippen LogP contribution in [0.25, 0.3) is 0 Å². The maximum absolute atomic E-state index is 11.9. The highest BCUT2D eigenvalue weighted by atomic mass is 32.3. The summed E-state index contributed by atoms with van der Waals surface area (Å²) in [6.07, 6.45) is 8.86. The maximum Gasteiger partial charge on any atom is 0.397 e. The second kappa shape index (κ2) is 10.6. The highest BCUT2D eigenvalue weighted by Crippen LogP contribution is 2.68. The van der Waals surface area contributed by atoms with Gasteiger partial charge in [0.25, 0.3) is 0 Å². The summed E-state index contributed by atoms with van der Waals surface area (Å²) in [6, 6.07) is 0. The zero-order valence-electron chi connectivity index (χ0n) is 23.1. The van der Waals surface area contributed by atoms with E-state index in [2.05, 4.69) is 34.6 Å². The number of hydrogen-bond acceptors (Lipinski definition) is 6. The van der Waals surface area contributed by atoms with Crippen molar-refractivity contribution in [3.05, 3.63) is 0 Å². The smallest absolute Gasteiger partial charge is 0.264 e. The molecule has 0 amide bonds. The van der Waals surface area contributed by atoms with Crippen LogP contribution in [0.2, 0.25) is 0 Å². The van der Waals surface area contributed by atoms with Gasteiger partial charge in [0.15, 0.2) is 0 Å². The molecule has 4 fully saturated rings. The molecule has 0 aliphatic heterocycles. The highest BCUT2D eigenvalue weighted by Gasteiger charge is 2.63. The Kier molecular flexibility index (Phi) is 8.53. The average molecular weight is 565 g/mol. The number of rotatable bonds is 9. The van der Waals surface area contributed by atoms with Crippen molar-refractivity contribution in [1.29, 1.82) is 0 Å². The normalized spacial score (nSPS) is 43.2. The first-order valence-electron chi connectivity index (χ1n) is 14.3. The van der Waals surface area contributed by atoms with Gasteiger partial charge in [0.05, 0.1) is 12.2 Å². The van der Waals surface area contributed by atoms with Crippen molar-refractivity contribution in [3.8, 4) is 0 Å². The van der Waals surface area contributed by atoms with Crippen LogP contribution >= 0.6 is 0 Å². The molecule has 4 rings (SSSR count). The molecule has 10 heteroatoms. The van der Waals surface area contributed by atoms with Crippen LogP contribution in [0.4, 0.5) is 0 Å². The fraction of sp³-hybridized carbons (Fsp3) is 1.00. The molecule has 0 heterocycles. The van der Waals surface area contributed by atoms with Crippen molar-refractivity contribution in [2.45, 2.75) is 117 Å². The first-order valence-corrected chi connectivity index (χ1v) is 17.1. The van der Waals surface area contributed by atoms with Gasteiger partial charge in [-0.1, -0.05) is 53.9 Å². The third-order valence-electron chi connectivity index (χ3n) is 11.3. The van der Waals surface area contributed by atoms with Gasteiger partial charge in [-0.2, -0.15) is 16.8 Å². The summed E-state index contributed by atoms with van der Waals surface area (Å²) in [5.74, 6) is 2.94. The first kappa shape index (κ1) is 29.7. The van der Waals surface area contributed by atoms with E-state index in [4.69, 9.17) is 8.37 Å². The Morgan fingerprint density at radius 1 is 0.784 bits per heavy atom. The van der Waals surface area contributed by atoms with Gasteiger partial charge in [0.1, 0.15) is 0 Å². The van der Waals surface area contributed by atoms with Crippen LogP contribution in [0.3, 0.4) is 0 Å². The van der Waals surface area contributed by atoms with Crippen LogP contribution < -0.4 is 0 Å². The summed E-state index contributed by atoms with van der Waals surface area (Å²) in [4.78, 5) is 0. The Morgan fingerprint density at radius 3 is 2.03 bits per heavy atom. The Morgan fingerprint density at radius 2 is 1.41 bits per heavy atom. The lowest BCUT2D eigenvalue weighted by Gasteiger charge is -2.62. The van der Waals surface area contributed by atoms with E-state index in [-0.39, 0.29) is 23.2 Å². The van der Waals surface area contributed by atoms with Gasteiger partial charge in [0, 0.05) is 0 Å². The van der Waals surface area contributed by atoms with Gasteiger partial charge >= 0.3 is 20.8 Å². The molecule has 0 bridgehead atoms. The zero-order chi connectivity index (χ0) is 27.4. The molecule has 8 nitrogen and oxygen atoms in total. The number of fused-ring (bicyclic) bond motifs is 5. The predicted octanol–water partition coefficient (Wildman–Crippen LogP) is 6.09. The summed E-state index contributed by atoms with van der Waals surface area (Å²) < 4.78 is 75.7. The Bertz CT molecular complexity index is 1030. The molecule has 4 aliphatic rings. The van der Waals surface area contributed by atoms with E-state index in [9.17, 15) is 25.9 Å². The molecular weight excluding hydrogens is 516 g/mol. The quantitative estimate of drug-likeness (QED) is 0.322. The summed E-state index contributed by atoms with van der Waals surface area (Å²) in [5.41, 5.74) is -0.0326. The van der Waals surface area contributed by atoms with Crippen molar-refractivity contribution in [2.75, 3.05) is 0 Å². The summed E-state index contributed by atoms with van der Waals surface area (Å²) >= 11 is 0. The molecule has 0 saturated heterocycles. The van der Waals surface area contributed by atoms with Gasteiger partial charge < -0.3 is 0 Å². The van der Waals surface area contributed by atoms with E-state index in [0.717, 1.165) is 25.2 Å². The Labute approximate surface area is 224 Å². The van der Waals surface area contributed by atoms with E-state index in [1.165, 1.54) is 25.7 Å². The lowest BCUT2D eigenvalue weighted by Crippen LogP contribution is -2.59. The van der Waals surface area contributed by atoms with Gasteiger partial charge in [-0.15, -0.1) is 0 Å².